The fraction of sp³-hybridized carbons (Fsp3) is 0.250. The second-order valence-corrected chi connectivity index (χ2v) is 10.5. The van der Waals surface area contributed by atoms with Gasteiger partial charge in [0, 0.05) is 18.3 Å². The van der Waals surface area contributed by atoms with E-state index in [9.17, 15) is 9.59 Å². The van der Waals surface area contributed by atoms with Gasteiger partial charge in [0.15, 0.2) is 0 Å². The summed E-state index contributed by atoms with van der Waals surface area (Å²) in [4.78, 5) is 34.0. The van der Waals surface area contributed by atoms with Crippen LogP contribution in [-0.2, 0) is 0 Å². The summed E-state index contributed by atoms with van der Waals surface area (Å²) in [5, 5.41) is 6.86. The number of benzene rings is 2. The van der Waals surface area contributed by atoms with Crippen molar-refractivity contribution in [1.82, 2.24) is 10.3 Å². The van der Waals surface area contributed by atoms with Crippen LogP contribution in [0.5, 0.6) is 11.5 Å². The lowest BCUT2D eigenvalue weighted by molar-refractivity contribution is 0.0930. The summed E-state index contributed by atoms with van der Waals surface area (Å²) in [5.74, 6) is 1.22. The number of rotatable bonds is 5. The molecule has 6 rings (SSSR count). The van der Waals surface area contributed by atoms with Crippen LogP contribution in [0.2, 0.25) is 0 Å². The molecular formula is C28H27N5O3S. The first kappa shape index (κ1) is 23.4. The van der Waals surface area contributed by atoms with E-state index in [-0.39, 0.29) is 24.0 Å². The molecule has 0 bridgehead atoms. The molecule has 4 aromatic rings. The Morgan fingerprint density at radius 1 is 1.14 bits per heavy atom. The number of nitrogens with two attached hydrogens (primary N) is 1. The van der Waals surface area contributed by atoms with Crippen LogP contribution in [0, 0.1) is 6.92 Å². The number of carbonyl (C=O) groups is 2. The molecule has 0 spiro atoms. The van der Waals surface area contributed by atoms with E-state index in [2.05, 4.69) is 15.6 Å². The van der Waals surface area contributed by atoms with Gasteiger partial charge in [-0.3, -0.25) is 9.69 Å². The normalized spacial score (nSPS) is 19.0. The molecule has 3 heterocycles. The van der Waals surface area contributed by atoms with E-state index in [0.29, 0.717) is 26.8 Å². The van der Waals surface area contributed by atoms with Crippen LogP contribution in [0.3, 0.4) is 0 Å². The van der Waals surface area contributed by atoms with Crippen molar-refractivity contribution < 1.29 is 14.3 Å². The van der Waals surface area contributed by atoms with Gasteiger partial charge in [0.2, 0.25) is 0 Å². The molecular weight excluding hydrogens is 486 g/mol. The maximum atomic E-state index is 13.5. The highest BCUT2D eigenvalue weighted by molar-refractivity contribution is 7.21. The van der Waals surface area contributed by atoms with E-state index in [1.165, 1.54) is 11.3 Å². The number of para-hydroxylation sites is 1. The number of nitrogens with one attached hydrogen (secondary N) is 2. The van der Waals surface area contributed by atoms with Crippen molar-refractivity contribution in [3.8, 4) is 11.5 Å². The number of aromatic nitrogens is 1. The number of urea groups is 1. The highest BCUT2D eigenvalue weighted by Gasteiger charge is 2.34. The van der Waals surface area contributed by atoms with E-state index in [1.807, 2.05) is 61.5 Å². The smallest absolute Gasteiger partial charge is 0.331 e. The monoisotopic (exact) mass is 513 g/mol. The SMILES string of the molecule is Cc1cc(Oc2ccccc2)ccc1N1C(=O)Nc2c(C(=O)N[C@H]3CCC[C@H](N)C3)sc3nccc1c23. The average Bonchev–Trinajstić information content (AvgIpc) is 3.25. The molecule has 1 fully saturated rings. The first-order valence-electron chi connectivity index (χ1n) is 12.4. The third-order valence-electron chi connectivity index (χ3n) is 6.89. The molecule has 1 aliphatic carbocycles. The number of nitrogens with zero attached hydrogens (tertiary/aromatic N) is 2. The standard InChI is InChI=1S/C28H27N5O3S/c1-16-14-20(36-19-8-3-2-4-9-19)10-11-21(16)33-22-12-13-30-27-23(22)24(32-28(33)35)25(37-27)26(34)31-18-7-5-6-17(29)15-18/h2-4,8-14,17-18H,5-7,15,29H2,1H3,(H,31,34)(H,32,35)/t17-,18-/m0/s1. The lowest BCUT2D eigenvalue weighted by atomic mass is 9.91. The van der Waals surface area contributed by atoms with Gasteiger partial charge in [0.05, 0.1) is 22.4 Å². The molecule has 1 aliphatic heterocycles. The van der Waals surface area contributed by atoms with Crippen molar-refractivity contribution in [2.24, 2.45) is 5.73 Å². The number of hydrogen-bond donors (Lipinski definition) is 3. The summed E-state index contributed by atoms with van der Waals surface area (Å²) in [5.41, 5.74) is 8.92. The summed E-state index contributed by atoms with van der Waals surface area (Å²) >= 11 is 1.29. The van der Waals surface area contributed by atoms with Gasteiger partial charge in [0.1, 0.15) is 21.2 Å². The molecule has 4 N–H and O–H groups in total. The maximum Gasteiger partial charge on any atom is 0.331 e. The van der Waals surface area contributed by atoms with Crippen molar-refractivity contribution in [2.75, 3.05) is 10.2 Å². The minimum atomic E-state index is -0.327. The summed E-state index contributed by atoms with van der Waals surface area (Å²) in [6.45, 7) is 1.94. The molecule has 0 unspecified atom stereocenters. The summed E-state index contributed by atoms with van der Waals surface area (Å²) in [7, 11) is 0. The largest absolute Gasteiger partial charge is 0.457 e. The fourth-order valence-electron chi connectivity index (χ4n) is 5.16. The van der Waals surface area contributed by atoms with E-state index in [0.717, 1.165) is 48.1 Å². The predicted octanol–water partition coefficient (Wildman–Crippen LogP) is 6.08. The zero-order valence-corrected chi connectivity index (χ0v) is 21.2. The van der Waals surface area contributed by atoms with Gasteiger partial charge >= 0.3 is 6.03 Å². The van der Waals surface area contributed by atoms with Crippen LogP contribution in [0.25, 0.3) is 10.2 Å². The van der Waals surface area contributed by atoms with Gasteiger partial charge in [-0.1, -0.05) is 18.2 Å². The zero-order chi connectivity index (χ0) is 25.5. The molecule has 2 aliphatic rings. The lowest BCUT2D eigenvalue weighted by Gasteiger charge is -2.30. The lowest BCUT2D eigenvalue weighted by Crippen LogP contribution is -2.42. The Hall–Kier alpha value is -3.95. The van der Waals surface area contributed by atoms with Crippen molar-refractivity contribution in [1.29, 1.82) is 0 Å². The van der Waals surface area contributed by atoms with Crippen LogP contribution in [0.4, 0.5) is 21.9 Å². The Morgan fingerprint density at radius 2 is 1.97 bits per heavy atom. The minimum Gasteiger partial charge on any atom is -0.457 e. The zero-order valence-electron chi connectivity index (χ0n) is 20.4. The van der Waals surface area contributed by atoms with Crippen LogP contribution in [0.15, 0.2) is 60.8 Å². The van der Waals surface area contributed by atoms with Crippen molar-refractivity contribution in [2.45, 2.75) is 44.7 Å². The molecule has 0 radical (unpaired) electrons. The van der Waals surface area contributed by atoms with Gasteiger partial charge < -0.3 is 21.1 Å². The minimum absolute atomic E-state index is 0.0381. The molecule has 188 valence electrons. The average molecular weight is 514 g/mol. The Balaban J connectivity index is 1.33. The van der Waals surface area contributed by atoms with E-state index in [1.54, 1.807) is 11.1 Å². The third kappa shape index (κ3) is 4.41. The second-order valence-electron chi connectivity index (χ2n) is 9.54. The molecule has 3 amide bonds. The molecule has 8 nitrogen and oxygen atoms in total. The van der Waals surface area contributed by atoms with Crippen LogP contribution >= 0.6 is 11.3 Å². The number of thiophene rings is 1. The number of anilines is 3. The molecule has 37 heavy (non-hydrogen) atoms. The number of ether oxygens (including phenoxy) is 1. The first-order valence-corrected chi connectivity index (χ1v) is 13.2. The molecule has 1 saturated carbocycles. The fourth-order valence-corrected chi connectivity index (χ4v) is 6.18. The highest BCUT2D eigenvalue weighted by atomic mass is 32.1. The van der Waals surface area contributed by atoms with Gasteiger partial charge in [-0.2, -0.15) is 0 Å². The second kappa shape index (κ2) is 9.49. The number of carbonyl (C=O) groups excluding carboxylic acids is 2. The topological polar surface area (TPSA) is 110 Å². The Morgan fingerprint density at radius 3 is 2.76 bits per heavy atom. The van der Waals surface area contributed by atoms with Crippen LogP contribution in [0.1, 0.15) is 40.9 Å². The number of hydrogen-bond acceptors (Lipinski definition) is 6. The number of pyridine rings is 1. The third-order valence-corrected chi connectivity index (χ3v) is 7.99. The van der Waals surface area contributed by atoms with Gasteiger partial charge in [-0.25, -0.2) is 9.78 Å². The molecule has 2 aromatic heterocycles. The van der Waals surface area contributed by atoms with E-state index >= 15 is 0 Å². The molecule has 0 saturated heterocycles. The number of aryl methyl sites for hydroxylation is 1. The summed E-state index contributed by atoms with van der Waals surface area (Å²) < 4.78 is 5.96. The number of amides is 3. The Labute approximate surface area is 218 Å². The van der Waals surface area contributed by atoms with Crippen molar-refractivity contribution in [3.63, 3.8) is 0 Å². The summed E-state index contributed by atoms with van der Waals surface area (Å²) in [6.07, 6.45) is 5.33. The first-order chi connectivity index (χ1) is 18.0. The van der Waals surface area contributed by atoms with E-state index < -0.39 is 0 Å². The Kier molecular flexibility index (Phi) is 6.02. The molecule has 2 aromatic carbocycles. The Bertz CT molecular complexity index is 1500. The van der Waals surface area contributed by atoms with Crippen molar-refractivity contribution >= 4 is 50.6 Å². The van der Waals surface area contributed by atoms with Gasteiger partial charge in [-0.15, -0.1) is 11.3 Å². The maximum absolute atomic E-state index is 13.5. The van der Waals surface area contributed by atoms with E-state index in [4.69, 9.17) is 10.5 Å². The van der Waals surface area contributed by atoms with Gasteiger partial charge in [-0.05, 0) is 74.6 Å². The van der Waals surface area contributed by atoms with Crippen LogP contribution < -0.4 is 26.0 Å². The quantitative estimate of drug-likeness (QED) is 0.300. The van der Waals surface area contributed by atoms with Crippen LogP contribution in [-0.4, -0.2) is 29.0 Å². The predicted molar refractivity (Wildman–Crippen MR) is 146 cm³/mol. The van der Waals surface area contributed by atoms with Crippen molar-refractivity contribution in [3.05, 3.63) is 71.2 Å². The van der Waals surface area contributed by atoms with Gasteiger partial charge in [0.25, 0.3) is 5.91 Å². The highest BCUT2D eigenvalue weighted by Crippen LogP contribution is 2.46. The summed E-state index contributed by atoms with van der Waals surface area (Å²) in [6, 6.07) is 16.8. The molecule has 2 atom stereocenters. The molecule has 9 heteroatoms.